The molecule has 3 heterocycles. The van der Waals surface area contributed by atoms with Gasteiger partial charge in [-0.2, -0.15) is 5.10 Å². The molecule has 0 saturated carbocycles. The fourth-order valence-electron chi connectivity index (χ4n) is 4.43. The van der Waals surface area contributed by atoms with Crippen molar-refractivity contribution in [1.82, 2.24) is 15.2 Å². The third-order valence-electron chi connectivity index (χ3n) is 6.45. The van der Waals surface area contributed by atoms with Crippen LogP contribution in [0.1, 0.15) is 36.3 Å². The first-order chi connectivity index (χ1) is 17.3. The van der Waals surface area contributed by atoms with Gasteiger partial charge < -0.3 is 14.5 Å². The normalized spacial score (nSPS) is 21.5. The van der Waals surface area contributed by atoms with Crippen molar-refractivity contribution in [3.8, 4) is 5.75 Å². The maximum Gasteiger partial charge on any atom is 0.325 e. The molecule has 5 rings (SSSR count). The monoisotopic (exact) mass is 490 g/mol. The van der Waals surface area contributed by atoms with Gasteiger partial charge in [0, 0.05) is 6.42 Å². The number of nitrogens with zero attached hydrogens (tertiary/aromatic N) is 3. The van der Waals surface area contributed by atoms with Gasteiger partial charge in [0.15, 0.2) is 0 Å². The van der Waals surface area contributed by atoms with Crippen molar-refractivity contribution in [2.75, 3.05) is 13.7 Å². The van der Waals surface area contributed by atoms with Gasteiger partial charge in [0.25, 0.3) is 11.8 Å². The van der Waals surface area contributed by atoms with Crippen LogP contribution in [0.15, 0.2) is 76.4 Å². The zero-order valence-corrected chi connectivity index (χ0v) is 19.6. The number of imide groups is 1. The lowest BCUT2D eigenvalue weighted by molar-refractivity contribution is -0.140. The summed E-state index contributed by atoms with van der Waals surface area (Å²) in [5.74, 6) is -0.401. The van der Waals surface area contributed by atoms with E-state index < -0.39 is 41.8 Å². The molecule has 1 aromatic heterocycles. The van der Waals surface area contributed by atoms with E-state index in [1.807, 2.05) is 12.1 Å². The average Bonchev–Trinajstić information content (AvgIpc) is 3.61. The maximum absolute atomic E-state index is 13.4. The largest absolute Gasteiger partial charge is 0.497 e. The third kappa shape index (κ3) is 4.00. The Morgan fingerprint density at radius 1 is 1.17 bits per heavy atom. The molecule has 0 radical (unpaired) electrons. The molecule has 0 unspecified atom stereocenters. The van der Waals surface area contributed by atoms with Gasteiger partial charge in [-0.3, -0.25) is 14.5 Å². The van der Waals surface area contributed by atoms with Gasteiger partial charge in [-0.1, -0.05) is 12.1 Å². The summed E-state index contributed by atoms with van der Waals surface area (Å²) < 4.78 is 24.1. The molecular formula is C26H23FN4O5. The fourth-order valence-corrected chi connectivity index (χ4v) is 4.43. The first-order valence-corrected chi connectivity index (χ1v) is 11.3. The van der Waals surface area contributed by atoms with Crippen molar-refractivity contribution >= 4 is 23.6 Å². The van der Waals surface area contributed by atoms with E-state index in [-0.39, 0.29) is 0 Å². The molecule has 9 nitrogen and oxygen atoms in total. The number of urea groups is 1. The molecule has 2 aliphatic rings. The number of hydrazone groups is 1. The summed E-state index contributed by atoms with van der Waals surface area (Å²) in [4.78, 5) is 40.2. The number of carbonyl (C=O) groups is 3. The number of amides is 4. The van der Waals surface area contributed by atoms with Crippen molar-refractivity contribution in [2.24, 2.45) is 5.10 Å². The van der Waals surface area contributed by atoms with E-state index in [0.29, 0.717) is 29.2 Å². The molecule has 2 aromatic carbocycles. The van der Waals surface area contributed by atoms with Crippen molar-refractivity contribution in [2.45, 2.75) is 24.9 Å². The van der Waals surface area contributed by atoms with Gasteiger partial charge in [0.1, 0.15) is 35.5 Å². The topological polar surface area (TPSA) is 104 Å². The van der Waals surface area contributed by atoms with Gasteiger partial charge in [0.05, 0.1) is 19.1 Å². The average molecular weight is 490 g/mol. The SMILES string of the molecule is COc1ccc(C2=NN(C(=O)CN3C(=O)N[C@@](C)(c4ccc(F)cc4)C3=O)[C@H](c3ccco3)C2)cc1. The van der Waals surface area contributed by atoms with Crippen LogP contribution in [0.5, 0.6) is 5.75 Å². The summed E-state index contributed by atoms with van der Waals surface area (Å²) in [7, 11) is 1.58. The Hall–Kier alpha value is -4.47. The minimum atomic E-state index is -1.42. The summed E-state index contributed by atoms with van der Waals surface area (Å²) in [5, 5.41) is 8.42. The zero-order chi connectivity index (χ0) is 25.4. The molecule has 2 aliphatic heterocycles. The highest BCUT2D eigenvalue weighted by Gasteiger charge is 2.50. The first kappa shape index (κ1) is 23.3. The van der Waals surface area contributed by atoms with E-state index in [4.69, 9.17) is 9.15 Å². The lowest BCUT2D eigenvalue weighted by Gasteiger charge is -2.24. The second kappa shape index (κ2) is 8.95. The molecule has 4 amide bonds. The summed E-state index contributed by atoms with van der Waals surface area (Å²) in [5.41, 5.74) is 0.447. The molecule has 3 aromatic rings. The van der Waals surface area contributed by atoms with E-state index in [1.165, 1.54) is 42.5 Å². The predicted octanol–water partition coefficient (Wildman–Crippen LogP) is 3.57. The van der Waals surface area contributed by atoms with Crippen LogP contribution >= 0.6 is 0 Å². The molecule has 0 bridgehead atoms. The lowest BCUT2D eigenvalue weighted by Crippen LogP contribution is -2.43. The maximum atomic E-state index is 13.4. The first-order valence-electron chi connectivity index (χ1n) is 11.3. The highest BCUT2D eigenvalue weighted by Crippen LogP contribution is 2.34. The summed E-state index contributed by atoms with van der Waals surface area (Å²) in [6.07, 6.45) is 1.90. The van der Waals surface area contributed by atoms with Crippen molar-refractivity contribution in [3.63, 3.8) is 0 Å². The Morgan fingerprint density at radius 3 is 2.53 bits per heavy atom. The van der Waals surface area contributed by atoms with Gasteiger partial charge in [-0.25, -0.2) is 14.2 Å². The highest BCUT2D eigenvalue weighted by atomic mass is 19.1. The standard InChI is InChI=1S/C26H23FN4O5/c1-26(17-7-9-18(27)10-8-17)24(33)30(25(34)28-26)15-23(32)31-21(22-4-3-13-36-22)14-20(29-31)16-5-11-19(35-2)12-6-16/h3-13,21H,14-15H2,1-2H3,(H,28,34)/t21-,26-/m0/s1. The van der Waals surface area contributed by atoms with Crippen LogP contribution in [0.2, 0.25) is 0 Å². The Balaban J connectivity index is 1.40. The molecule has 1 N–H and O–H groups in total. The molecule has 0 spiro atoms. The number of hydrogen-bond acceptors (Lipinski definition) is 6. The number of carbonyl (C=O) groups excluding carboxylic acids is 3. The predicted molar refractivity (Wildman–Crippen MR) is 126 cm³/mol. The minimum Gasteiger partial charge on any atom is -0.497 e. The van der Waals surface area contributed by atoms with E-state index in [9.17, 15) is 18.8 Å². The lowest BCUT2D eigenvalue weighted by atomic mass is 9.92. The summed E-state index contributed by atoms with van der Waals surface area (Å²) in [6.45, 7) is 1.00. The van der Waals surface area contributed by atoms with Crippen molar-refractivity contribution in [1.29, 1.82) is 0 Å². The zero-order valence-electron chi connectivity index (χ0n) is 19.6. The number of nitrogens with one attached hydrogen (secondary N) is 1. The van der Waals surface area contributed by atoms with Crippen molar-refractivity contribution in [3.05, 3.63) is 89.6 Å². The molecule has 2 atom stereocenters. The summed E-state index contributed by atoms with van der Waals surface area (Å²) in [6, 6.07) is 14.8. The molecule has 36 heavy (non-hydrogen) atoms. The number of furan rings is 1. The third-order valence-corrected chi connectivity index (χ3v) is 6.45. The molecule has 184 valence electrons. The molecule has 0 aliphatic carbocycles. The number of methoxy groups -OCH3 is 1. The van der Waals surface area contributed by atoms with Crippen LogP contribution in [0, 0.1) is 5.82 Å². The fraction of sp³-hybridized carbons (Fsp3) is 0.231. The number of ether oxygens (including phenoxy) is 1. The molecule has 1 saturated heterocycles. The Morgan fingerprint density at radius 2 is 1.89 bits per heavy atom. The highest BCUT2D eigenvalue weighted by molar-refractivity contribution is 6.09. The Bertz CT molecular complexity index is 1340. The van der Waals surface area contributed by atoms with Crippen LogP contribution in [-0.4, -0.2) is 47.1 Å². The van der Waals surface area contributed by atoms with E-state index in [1.54, 1.807) is 31.4 Å². The quantitative estimate of drug-likeness (QED) is 0.532. The Labute approximate surface area is 206 Å². The minimum absolute atomic E-state index is 0.388. The molecule has 1 fully saturated rings. The van der Waals surface area contributed by atoms with Crippen LogP contribution < -0.4 is 10.1 Å². The van der Waals surface area contributed by atoms with Crippen LogP contribution in [0.4, 0.5) is 9.18 Å². The van der Waals surface area contributed by atoms with Gasteiger partial charge in [0.2, 0.25) is 0 Å². The van der Waals surface area contributed by atoms with Crippen molar-refractivity contribution < 1.29 is 27.9 Å². The van der Waals surface area contributed by atoms with E-state index in [2.05, 4.69) is 10.4 Å². The second-order valence-electron chi connectivity index (χ2n) is 8.70. The number of hydrogen-bond donors (Lipinski definition) is 1. The second-order valence-corrected chi connectivity index (χ2v) is 8.70. The van der Waals surface area contributed by atoms with Crippen LogP contribution in [0.3, 0.4) is 0 Å². The smallest absolute Gasteiger partial charge is 0.325 e. The van der Waals surface area contributed by atoms with Gasteiger partial charge in [-0.05, 0) is 66.6 Å². The number of halogens is 1. The molecule has 10 heteroatoms. The summed E-state index contributed by atoms with van der Waals surface area (Å²) >= 11 is 0. The number of rotatable bonds is 6. The Kier molecular flexibility index (Phi) is 5.79. The van der Waals surface area contributed by atoms with Crippen LogP contribution in [0.25, 0.3) is 0 Å². The van der Waals surface area contributed by atoms with Gasteiger partial charge in [-0.15, -0.1) is 0 Å². The van der Waals surface area contributed by atoms with E-state index in [0.717, 1.165) is 10.5 Å². The number of benzene rings is 2. The molecular weight excluding hydrogens is 467 g/mol. The van der Waals surface area contributed by atoms with Gasteiger partial charge >= 0.3 is 6.03 Å². The van der Waals surface area contributed by atoms with E-state index >= 15 is 0 Å². The van der Waals surface area contributed by atoms with Crippen LogP contribution in [-0.2, 0) is 15.1 Å².